The van der Waals surface area contributed by atoms with Gasteiger partial charge in [-0.25, -0.2) is 4.98 Å². The summed E-state index contributed by atoms with van der Waals surface area (Å²) in [5, 5.41) is 9.25. The highest BCUT2D eigenvalue weighted by Gasteiger charge is 2.17. The predicted octanol–water partition coefficient (Wildman–Crippen LogP) is 2.84. The van der Waals surface area contributed by atoms with E-state index in [4.69, 9.17) is 11.6 Å². The molecule has 0 saturated carbocycles. The molecular weight excluding hydrogens is 370 g/mol. The number of halogens is 1. The third kappa shape index (κ3) is 3.47. The second kappa shape index (κ2) is 7.34. The summed E-state index contributed by atoms with van der Waals surface area (Å²) in [5.41, 5.74) is 3.27. The topological polar surface area (TPSA) is 62.5 Å². The molecule has 1 N–H and O–H groups in total. The quantitative estimate of drug-likeness (QED) is 0.727. The van der Waals surface area contributed by atoms with E-state index in [1.54, 1.807) is 6.07 Å². The van der Waals surface area contributed by atoms with E-state index in [1.807, 2.05) is 19.1 Å². The van der Waals surface area contributed by atoms with Gasteiger partial charge in [-0.1, -0.05) is 42.0 Å². The summed E-state index contributed by atoms with van der Waals surface area (Å²) in [5.74, 6) is 0. The molecule has 136 valence electrons. The summed E-state index contributed by atoms with van der Waals surface area (Å²) in [6, 6.07) is 7.68. The molecule has 0 unspecified atom stereocenters. The van der Waals surface area contributed by atoms with E-state index in [1.165, 1.54) is 27.0 Å². The van der Waals surface area contributed by atoms with Crippen LogP contribution in [0.5, 0.6) is 0 Å². The molecule has 26 heavy (non-hydrogen) atoms. The van der Waals surface area contributed by atoms with Crippen LogP contribution in [-0.4, -0.2) is 39.1 Å². The number of nitrogens with one attached hydrogen (secondary N) is 1. The van der Waals surface area contributed by atoms with Gasteiger partial charge in [0.25, 0.3) is 5.56 Å². The van der Waals surface area contributed by atoms with Gasteiger partial charge in [-0.15, -0.1) is 5.10 Å². The highest BCUT2D eigenvalue weighted by Crippen LogP contribution is 2.25. The molecule has 8 heteroatoms. The van der Waals surface area contributed by atoms with Crippen LogP contribution in [0.1, 0.15) is 23.7 Å². The lowest BCUT2D eigenvalue weighted by Crippen LogP contribution is -2.34. The van der Waals surface area contributed by atoms with Crippen LogP contribution in [0.2, 0.25) is 5.02 Å². The van der Waals surface area contributed by atoms with E-state index in [2.05, 4.69) is 26.4 Å². The molecule has 3 aromatic rings. The summed E-state index contributed by atoms with van der Waals surface area (Å²) in [7, 11) is 0. The number of nitrogens with zero attached hydrogens (tertiary/aromatic N) is 4. The Hall–Kier alpha value is -1.96. The molecule has 0 radical (unpaired) electrons. The van der Waals surface area contributed by atoms with E-state index in [9.17, 15) is 4.79 Å². The monoisotopic (exact) mass is 389 g/mol. The Labute approximate surface area is 160 Å². The van der Waals surface area contributed by atoms with Crippen LogP contribution < -0.4 is 10.9 Å². The minimum Gasteiger partial charge on any atom is -0.359 e. The molecule has 1 aliphatic heterocycles. The Morgan fingerprint density at radius 3 is 3.12 bits per heavy atom. The fourth-order valence-corrected chi connectivity index (χ4v) is 4.38. The molecule has 4 rings (SSSR count). The van der Waals surface area contributed by atoms with E-state index in [-0.39, 0.29) is 5.56 Å². The van der Waals surface area contributed by atoms with Crippen molar-refractivity contribution in [2.45, 2.75) is 26.3 Å². The first kappa shape index (κ1) is 17.5. The number of benzene rings is 1. The van der Waals surface area contributed by atoms with Gasteiger partial charge in [-0.3, -0.25) is 9.69 Å². The van der Waals surface area contributed by atoms with Crippen molar-refractivity contribution in [3.05, 3.63) is 56.5 Å². The van der Waals surface area contributed by atoms with E-state index >= 15 is 0 Å². The lowest BCUT2D eigenvalue weighted by molar-refractivity contribution is 0.264. The van der Waals surface area contributed by atoms with Crippen molar-refractivity contribution in [3.63, 3.8) is 0 Å². The maximum atomic E-state index is 12.1. The van der Waals surface area contributed by atoms with Gasteiger partial charge in [0.2, 0.25) is 10.1 Å². The van der Waals surface area contributed by atoms with Gasteiger partial charge in [0, 0.05) is 43.0 Å². The Morgan fingerprint density at radius 1 is 1.38 bits per heavy atom. The van der Waals surface area contributed by atoms with Crippen LogP contribution in [0, 0.1) is 0 Å². The van der Waals surface area contributed by atoms with Crippen LogP contribution in [0.3, 0.4) is 0 Å². The Morgan fingerprint density at radius 2 is 2.27 bits per heavy atom. The third-order valence-corrected chi connectivity index (χ3v) is 5.87. The first-order valence-electron chi connectivity index (χ1n) is 8.76. The van der Waals surface area contributed by atoms with Crippen LogP contribution in [0.4, 0.5) is 5.13 Å². The second-order valence-corrected chi connectivity index (χ2v) is 7.73. The minimum atomic E-state index is -0.124. The molecule has 0 amide bonds. The molecule has 0 fully saturated rings. The zero-order valence-corrected chi connectivity index (χ0v) is 16.1. The average Bonchev–Trinajstić information content (AvgIpc) is 3.05. The van der Waals surface area contributed by atoms with Crippen molar-refractivity contribution in [2.24, 2.45) is 0 Å². The summed E-state index contributed by atoms with van der Waals surface area (Å²) >= 11 is 7.69. The number of rotatable bonds is 5. The summed E-state index contributed by atoms with van der Waals surface area (Å²) in [6.07, 6.45) is 1.72. The van der Waals surface area contributed by atoms with Crippen molar-refractivity contribution in [1.82, 2.24) is 19.5 Å². The highest BCUT2D eigenvalue weighted by atomic mass is 35.5. The lowest BCUT2D eigenvalue weighted by Gasteiger charge is -2.29. The number of anilines is 1. The lowest BCUT2D eigenvalue weighted by atomic mass is 10.00. The van der Waals surface area contributed by atoms with Gasteiger partial charge in [-0.05, 0) is 30.0 Å². The number of aryl methyl sites for hydroxylation is 1. The molecule has 0 aliphatic carbocycles. The molecule has 1 aromatic carbocycles. The Balaban J connectivity index is 1.39. The second-order valence-electron chi connectivity index (χ2n) is 6.37. The van der Waals surface area contributed by atoms with Gasteiger partial charge in [-0.2, -0.15) is 4.52 Å². The number of hydrogen-bond acceptors (Lipinski definition) is 6. The maximum absolute atomic E-state index is 12.1. The average molecular weight is 390 g/mol. The third-order valence-electron chi connectivity index (χ3n) is 4.65. The molecule has 3 heterocycles. The van der Waals surface area contributed by atoms with E-state index in [0.717, 1.165) is 54.9 Å². The SMILES string of the molecule is CCc1cc(=O)n2nc(NCCN3CCc4c(Cl)cccc4C3)sc2n1. The molecule has 0 atom stereocenters. The number of hydrogen-bond donors (Lipinski definition) is 1. The number of aromatic nitrogens is 3. The predicted molar refractivity (Wildman–Crippen MR) is 105 cm³/mol. The van der Waals surface area contributed by atoms with Crippen LogP contribution in [0.25, 0.3) is 4.96 Å². The first-order chi connectivity index (χ1) is 12.6. The summed E-state index contributed by atoms with van der Waals surface area (Å²) < 4.78 is 1.37. The van der Waals surface area contributed by atoms with Crippen molar-refractivity contribution in [1.29, 1.82) is 0 Å². The molecule has 0 saturated heterocycles. The van der Waals surface area contributed by atoms with Gasteiger partial charge in [0.05, 0.1) is 0 Å². The van der Waals surface area contributed by atoms with Crippen molar-refractivity contribution < 1.29 is 0 Å². The molecule has 6 nitrogen and oxygen atoms in total. The first-order valence-corrected chi connectivity index (χ1v) is 9.96. The zero-order chi connectivity index (χ0) is 18.1. The minimum absolute atomic E-state index is 0.124. The zero-order valence-electron chi connectivity index (χ0n) is 14.5. The fourth-order valence-electron chi connectivity index (χ4n) is 3.24. The van der Waals surface area contributed by atoms with E-state index in [0.29, 0.717) is 4.96 Å². The van der Waals surface area contributed by atoms with Crippen molar-refractivity contribution in [3.8, 4) is 0 Å². The van der Waals surface area contributed by atoms with Crippen LogP contribution in [-0.2, 0) is 19.4 Å². The van der Waals surface area contributed by atoms with Gasteiger partial charge < -0.3 is 5.32 Å². The van der Waals surface area contributed by atoms with Crippen LogP contribution in [0.15, 0.2) is 29.1 Å². The maximum Gasteiger partial charge on any atom is 0.275 e. The van der Waals surface area contributed by atoms with Gasteiger partial charge in [0.15, 0.2) is 0 Å². The molecule has 0 spiro atoms. The molecule has 2 aromatic heterocycles. The molecule has 0 bridgehead atoms. The van der Waals surface area contributed by atoms with Gasteiger partial charge >= 0.3 is 0 Å². The van der Waals surface area contributed by atoms with Crippen LogP contribution >= 0.6 is 22.9 Å². The smallest absolute Gasteiger partial charge is 0.275 e. The normalized spacial score (nSPS) is 14.5. The van der Waals surface area contributed by atoms with E-state index < -0.39 is 0 Å². The van der Waals surface area contributed by atoms with Crippen molar-refractivity contribution >= 4 is 33.0 Å². The fraction of sp³-hybridized carbons (Fsp3) is 0.389. The number of fused-ring (bicyclic) bond motifs is 2. The Kier molecular flexibility index (Phi) is 4.93. The van der Waals surface area contributed by atoms with Crippen molar-refractivity contribution in [2.75, 3.05) is 25.0 Å². The summed E-state index contributed by atoms with van der Waals surface area (Å²) in [4.78, 5) is 19.6. The Bertz CT molecular complexity index is 999. The largest absolute Gasteiger partial charge is 0.359 e. The molecule has 1 aliphatic rings. The standard InChI is InChI=1S/C18H20ClN5OS/c1-2-13-10-16(25)24-18(21-13)26-17(22-24)20-7-9-23-8-6-14-12(11-23)4-3-5-15(14)19/h3-5,10H,2,6-9,11H2,1H3,(H,20,22). The van der Waals surface area contributed by atoms with Gasteiger partial charge in [0.1, 0.15) is 0 Å². The molecular formula is C18H20ClN5OS. The summed E-state index contributed by atoms with van der Waals surface area (Å²) in [6.45, 7) is 5.58. The highest BCUT2D eigenvalue weighted by molar-refractivity contribution is 7.20.